The molecular formula is C44H68N12O12S2. The number of rotatable bonds is 17. The van der Waals surface area contributed by atoms with Gasteiger partial charge in [0.15, 0.2) is 0 Å². The zero-order valence-electron chi connectivity index (χ0n) is 40.0. The van der Waals surface area contributed by atoms with Crippen molar-refractivity contribution in [2.75, 3.05) is 31.6 Å². The lowest BCUT2D eigenvalue weighted by Gasteiger charge is -2.34. The molecule has 70 heavy (non-hydrogen) atoms. The first kappa shape index (κ1) is 58.2. The van der Waals surface area contributed by atoms with E-state index in [4.69, 9.17) is 22.9 Å². The van der Waals surface area contributed by atoms with Crippen LogP contribution in [0, 0.1) is 11.8 Å². The number of primary amides is 3. The normalized spacial score (nSPS) is 24.1. The molecule has 0 unspecified atom stereocenters. The van der Waals surface area contributed by atoms with Crippen LogP contribution in [0.15, 0.2) is 24.3 Å². The lowest BCUT2D eigenvalue weighted by Crippen LogP contribution is -2.61. The van der Waals surface area contributed by atoms with E-state index in [2.05, 4.69) is 31.9 Å². The molecule has 24 nitrogen and oxygen atoms in total. The third-order valence-electron chi connectivity index (χ3n) is 11.7. The fraction of sp³-hybridized carbons (Fsp3) is 0.614. The number of amides is 11. The van der Waals surface area contributed by atoms with E-state index >= 15 is 0 Å². The van der Waals surface area contributed by atoms with Crippen molar-refractivity contribution in [2.45, 2.75) is 127 Å². The topological polar surface area (TPSA) is 391 Å². The molecule has 0 radical (unpaired) electrons. The van der Waals surface area contributed by atoms with E-state index in [1.54, 1.807) is 13.8 Å². The average molecular weight is 1020 g/mol. The summed E-state index contributed by atoms with van der Waals surface area (Å²) in [4.78, 5) is 150. The molecule has 11 amide bonds. The molecular weight excluding hydrogens is 953 g/mol. The fourth-order valence-electron chi connectivity index (χ4n) is 7.63. The molecule has 15 N–H and O–H groups in total. The van der Waals surface area contributed by atoms with Crippen LogP contribution in [0.2, 0.25) is 0 Å². The van der Waals surface area contributed by atoms with E-state index in [0.717, 1.165) is 21.6 Å². The van der Waals surface area contributed by atoms with Crippen molar-refractivity contribution in [3.63, 3.8) is 0 Å². The maximum atomic E-state index is 14.6. The van der Waals surface area contributed by atoms with Gasteiger partial charge in [0.1, 0.15) is 48.0 Å². The van der Waals surface area contributed by atoms with E-state index in [-0.39, 0.29) is 49.0 Å². The molecule has 2 heterocycles. The van der Waals surface area contributed by atoms with E-state index in [1.165, 1.54) is 41.1 Å². The summed E-state index contributed by atoms with van der Waals surface area (Å²) in [5.74, 6) is -10.2. The quantitative estimate of drug-likeness (QED) is 0.0683. The second kappa shape index (κ2) is 27.9. The highest BCUT2D eigenvalue weighted by molar-refractivity contribution is 8.76. The van der Waals surface area contributed by atoms with E-state index in [9.17, 15) is 57.8 Å². The third kappa shape index (κ3) is 18.0. The van der Waals surface area contributed by atoms with Gasteiger partial charge in [-0.1, -0.05) is 67.8 Å². The monoisotopic (exact) mass is 1020 g/mol. The Morgan fingerprint density at radius 1 is 0.800 bits per heavy atom. The predicted molar refractivity (Wildman–Crippen MR) is 259 cm³/mol. The molecule has 0 aromatic heterocycles. The van der Waals surface area contributed by atoms with Crippen LogP contribution in [0.25, 0.3) is 0 Å². The number of nitrogens with two attached hydrogens (primary N) is 4. The van der Waals surface area contributed by atoms with Crippen LogP contribution in [0.1, 0.15) is 78.2 Å². The molecule has 0 saturated carbocycles. The maximum Gasteiger partial charge on any atom is 0.246 e. The molecule has 1 aromatic rings. The van der Waals surface area contributed by atoms with Crippen LogP contribution >= 0.6 is 21.6 Å². The van der Waals surface area contributed by atoms with Gasteiger partial charge in [-0.3, -0.25) is 52.7 Å². The van der Waals surface area contributed by atoms with Crippen LogP contribution in [0.4, 0.5) is 0 Å². The fourth-order valence-corrected chi connectivity index (χ4v) is 9.90. The van der Waals surface area contributed by atoms with Gasteiger partial charge in [-0.2, -0.15) is 0 Å². The Hall–Kier alpha value is -6.15. The molecule has 2 saturated heterocycles. The molecule has 2 aliphatic heterocycles. The molecule has 388 valence electrons. The molecule has 26 heteroatoms. The van der Waals surface area contributed by atoms with Gasteiger partial charge in [-0.15, -0.1) is 0 Å². The number of phenols is 1. The summed E-state index contributed by atoms with van der Waals surface area (Å²) in [6.45, 7) is 6.66. The number of carbonyl (C=O) groups is 11. The number of phenolic OH excluding ortho intramolecular Hbond substituents is 1. The molecule has 0 aliphatic carbocycles. The first-order chi connectivity index (χ1) is 32.9. The number of carbonyl (C=O) groups excluding carboxylic acids is 11. The predicted octanol–water partition coefficient (Wildman–Crippen LogP) is -3.27. The third-order valence-corrected chi connectivity index (χ3v) is 14.2. The number of benzene rings is 1. The van der Waals surface area contributed by atoms with Crippen molar-refractivity contribution in [1.82, 2.24) is 41.7 Å². The zero-order valence-corrected chi connectivity index (χ0v) is 41.7. The first-order valence-electron chi connectivity index (χ1n) is 22.9. The van der Waals surface area contributed by atoms with Gasteiger partial charge in [0.25, 0.3) is 0 Å². The van der Waals surface area contributed by atoms with Gasteiger partial charge >= 0.3 is 0 Å². The summed E-state index contributed by atoms with van der Waals surface area (Å²) in [5, 5.41) is 25.1. The SMILES string of the molecule is CC[C@H](C)[C@@H]1NC(=O)[C@H](Cc2ccc(O)cc2)NC(=O)[C@@H](N)CSSC[C@@H](C(=O)N2CCC[C@H]2C(=O)N(C)[C@@H](CC(C)C)C(=O)NCC(N)=O)NC(=O)[C@H](CC(N)=O)NC(=O)[C@H](CCC(N)=O)NC1=O. The highest BCUT2D eigenvalue weighted by atomic mass is 33.1. The van der Waals surface area contributed by atoms with Crippen LogP contribution < -0.4 is 54.8 Å². The van der Waals surface area contributed by atoms with Crippen molar-refractivity contribution in [1.29, 1.82) is 0 Å². The summed E-state index contributed by atoms with van der Waals surface area (Å²) in [6, 6.07) is -4.98. The van der Waals surface area contributed by atoms with Crippen molar-refractivity contribution >= 4 is 86.6 Å². The Morgan fingerprint density at radius 3 is 2.00 bits per heavy atom. The minimum Gasteiger partial charge on any atom is -0.508 e. The average Bonchev–Trinajstić information content (AvgIpc) is 3.80. The number of likely N-dealkylation sites (tertiary alicyclic amines) is 1. The number of aromatic hydroxyl groups is 1. The van der Waals surface area contributed by atoms with Gasteiger partial charge in [0.2, 0.25) is 65.0 Å². The molecule has 0 bridgehead atoms. The van der Waals surface area contributed by atoms with Crippen LogP contribution in [-0.4, -0.2) is 160 Å². The van der Waals surface area contributed by atoms with Gasteiger partial charge in [-0.05, 0) is 55.2 Å². The molecule has 2 aliphatic rings. The van der Waals surface area contributed by atoms with E-state index < -0.39 is 145 Å². The Bertz CT molecular complexity index is 2080. The van der Waals surface area contributed by atoms with E-state index in [1.807, 2.05) is 13.8 Å². The number of nitrogens with one attached hydrogen (secondary N) is 6. The van der Waals surface area contributed by atoms with Gasteiger partial charge in [0, 0.05) is 37.9 Å². The maximum absolute atomic E-state index is 14.6. The molecule has 1 aromatic carbocycles. The summed E-state index contributed by atoms with van der Waals surface area (Å²) in [7, 11) is 3.46. The molecule has 2 fully saturated rings. The Labute approximate surface area is 414 Å². The number of nitrogens with zero attached hydrogens (tertiary/aromatic N) is 2. The summed E-state index contributed by atoms with van der Waals surface area (Å²) >= 11 is 0. The number of likely N-dealkylation sites (N-methyl/N-ethyl adjacent to an activating group) is 1. The lowest BCUT2D eigenvalue weighted by atomic mass is 9.96. The highest BCUT2D eigenvalue weighted by Gasteiger charge is 2.42. The first-order valence-corrected chi connectivity index (χ1v) is 25.4. The Morgan fingerprint density at radius 2 is 1.40 bits per heavy atom. The van der Waals surface area contributed by atoms with Gasteiger partial charge < -0.3 is 69.7 Å². The summed E-state index contributed by atoms with van der Waals surface area (Å²) in [5.41, 5.74) is 23.0. The van der Waals surface area contributed by atoms with Crippen LogP contribution in [0.5, 0.6) is 5.75 Å². The summed E-state index contributed by atoms with van der Waals surface area (Å²) < 4.78 is 0. The number of hydrogen-bond acceptors (Lipinski definition) is 15. The lowest BCUT2D eigenvalue weighted by molar-refractivity contribution is -0.148. The standard InChI is InChI=1S/C44H68N12O12S2/c1-6-23(4)36-42(66)50-27(13-14-33(46)58)38(62)52-29(18-34(47)59)39(63)53-30(21-70-69-20-26(45)37(61)51-28(40(64)54-36)17-24-9-11-25(57)12-10-24)43(67)56-15-7-8-31(56)44(68)55(5)32(16-22(2)3)41(65)49-19-35(48)60/h9-12,22-23,26-32,36,57H,6-8,13-21,45H2,1-5H3,(H2,46,58)(H2,47,59)(H2,48,60)(H,49,65)(H,50,66)(H,51,61)(H,52,62)(H,53,63)(H,54,64)/t23-,26-,27-,28-,29-,30-,31-,32-,36-/m0/s1. The minimum absolute atomic E-state index is 0.0462. The minimum atomic E-state index is -1.75. The smallest absolute Gasteiger partial charge is 0.246 e. The van der Waals surface area contributed by atoms with Crippen molar-refractivity contribution in [3.05, 3.63) is 29.8 Å². The van der Waals surface area contributed by atoms with E-state index in [0.29, 0.717) is 18.4 Å². The van der Waals surface area contributed by atoms with Crippen molar-refractivity contribution in [3.8, 4) is 5.75 Å². The van der Waals surface area contributed by atoms with Crippen molar-refractivity contribution in [2.24, 2.45) is 34.8 Å². The highest BCUT2D eigenvalue weighted by Crippen LogP contribution is 2.27. The largest absolute Gasteiger partial charge is 0.508 e. The number of hydrogen-bond donors (Lipinski definition) is 11. The second-order valence-electron chi connectivity index (χ2n) is 17.8. The van der Waals surface area contributed by atoms with Crippen LogP contribution in [-0.2, 0) is 59.2 Å². The van der Waals surface area contributed by atoms with Gasteiger partial charge in [-0.25, -0.2) is 0 Å². The summed E-state index contributed by atoms with van der Waals surface area (Å²) in [6.07, 6.45) is -0.650. The second-order valence-corrected chi connectivity index (χ2v) is 20.4. The zero-order chi connectivity index (χ0) is 52.4. The van der Waals surface area contributed by atoms with Gasteiger partial charge in [0.05, 0.1) is 19.0 Å². The molecule has 3 rings (SSSR count). The van der Waals surface area contributed by atoms with Crippen LogP contribution in [0.3, 0.4) is 0 Å². The Balaban J connectivity index is 2.07. The molecule has 9 atom stereocenters. The van der Waals surface area contributed by atoms with Crippen molar-refractivity contribution < 1.29 is 57.8 Å². The molecule has 0 spiro atoms. The Kier molecular flexibility index (Phi) is 23.2.